The Morgan fingerprint density at radius 1 is 0.683 bits per heavy atom. The van der Waals surface area contributed by atoms with Crippen LogP contribution in [0.15, 0.2) is 40.8 Å². The van der Waals surface area contributed by atoms with Gasteiger partial charge in [0.2, 0.25) is 0 Å². The van der Waals surface area contributed by atoms with E-state index in [2.05, 4.69) is 24.5 Å². The average Bonchev–Trinajstić information content (AvgIpc) is 3.38. The van der Waals surface area contributed by atoms with Gasteiger partial charge in [0.15, 0.2) is 23.0 Å². The quantitative estimate of drug-likeness (QED) is 0.143. The molecular weight excluding hydrogens is 524 g/mol. The number of benzene rings is 2. The Morgan fingerprint density at radius 2 is 1.10 bits per heavy atom. The summed E-state index contributed by atoms with van der Waals surface area (Å²) in [5.74, 6) is -0.323. The number of rotatable bonds is 16. The smallest absolute Gasteiger partial charge is 0.256 e. The fraction of sp³-hybridized carbons (Fsp3) is 0.438. The van der Waals surface area contributed by atoms with Crippen molar-refractivity contribution in [2.45, 2.75) is 65.2 Å². The number of methoxy groups -OCH3 is 2. The van der Waals surface area contributed by atoms with Gasteiger partial charge in [-0.2, -0.15) is 0 Å². The van der Waals surface area contributed by atoms with Gasteiger partial charge >= 0.3 is 0 Å². The lowest BCUT2D eigenvalue weighted by Gasteiger charge is -2.11. The Kier molecular flexibility index (Phi) is 11.9. The van der Waals surface area contributed by atoms with E-state index in [0.29, 0.717) is 24.2 Å². The van der Waals surface area contributed by atoms with E-state index >= 15 is 0 Å². The lowest BCUT2D eigenvalue weighted by Crippen LogP contribution is -2.30. The van der Waals surface area contributed by atoms with Gasteiger partial charge in [-0.25, -0.2) is 0 Å². The summed E-state index contributed by atoms with van der Waals surface area (Å²) in [5.41, 5.74) is 1.07. The monoisotopic (exact) mass is 566 g/mol. The van der Waals surface area contributed by atoms with Crippen LogP contribution in [0, 0.1) is 0 Å². The Labute approximate surface area is 241 Å². The van der Waals surface area contributed by atoms with Crippen molar-refractivity contribution in [1.29, 1.82) is 0 Å². The lowest BCUT2D eigenvalue weighted by atomic mass is 9.99. The predicted molar refractivity (Wildman–Crippen MR) is 159 cm³/mol. The van der Waals surface area contributed by atoms with E-state index in [-0.39, 0.29) is 45.6 Å². The number of carbonyl (C=O) groups is 2. The van der Waals surface area contributed by atoms with Crippen molar-refractivity contribution in [2.75, 3.05) is 27.3 Å². The van der Waals surface area contributed by atoms with Crippen molar-refractivity contribution in [3.8, 4) is 45.6 Å². The summed E-state index contributed by atoms with van der Waals surface area (Å²) in [6.45, 7) is 5.14. The molecule has 9 heteroatoms. The zero-order valence-electron chi connectivity index (χ0n) is 24.5. The van der Waals surface area contributed by atoms with E-state index in [1.54, 1.807) is 24.3 Å². The number of phenols is 2. The Balaban J connectivity index is 2.17. The van der Waals surface area contributed by atoms with Crippen LogP contribution in [0.4, 0.5) is 0 Å². The molecule has 4 N–H and O–H groups in total. The SMILES string of the molecule is CCCCCCNC(=O)c1c(-c2ccc(O)c(OC)c2)oc(-c2ccc(O)c(OC)c2)c1C(=O)NCCCCCC. The second-order valence-corrected chi connectivity index (χ2v) is 9.92. The molecule has 2 amide bonds. The second kappa shape index (κ2) is 15.6. The van der Waals surface area contributed by atoms with Crippen LogP contribution in [0.2, 0.25) is 0 Å². The molecule has 0 saturated carbocycles. The number of aromatic hydroxyl groups is 2. The molecule has 0 fully saturated rings. The molecule has 3 aromatic rings. The molecule has 0 radical (unpaired) electrons. The molecule has 0 saturated heterocycles. The summed E-state index contributed by atoms with van der Waals surface area (Å²) in [7, 11) is 2.85. The predicted octanol–water partition coefficient (Wildman–Crippen LogP) is 6.66. The molecule has 0 aliphatic carbocycles. The summed E-state index contributed by atoms with van der Waals surface area (Å²) in [5, 5.41) is 26.3. The molecule has 0 bridgehead atoms. The van der Waals surface area contributed by atoms with E-state index < -0.39 is 11.8 Å². The molecule has 0 aliphatic heterocycles. The van der Waals surface area contributed by atoms with Gasteiger partial charge in [-0.1, -0.05) is 52.4 Å². The van der Waals surface area contributed by atoms with Crippen LogP contribution in [-0.2, 0) is 0 Å². The summed E-state index contributed by atoms with van der Waals surface area (Å²) < 4.78 is 16.9. The van der Waals surface area contributed by atoms with E-state index in [1.807, 2.05) is 0 Å². The minimum absolute atomic E-state index is 0.0710. The number of ether oxygens (including phenoxy) is 2. The van der Waals surface area contributed by atoms with Gasteiger partial charge in [-0.15, -0.1) is 0 Å². The van der Waals surface area contributed by atoms with Crippen LogP contribution in [0.25, 0.3) is 22.6 Å². The lowest BCUT2D eigenvalue weighted by molar-refractivity contribution is 0.0920. The molecule has 0 atom stereocenters. The van der Waals surface area contributed by atoms with E-state index in [9.17, 15) is 19.8 Å². The second-order valence-electron chi connectivity index (χ2n) is 9.92. The number of carbonyl (C=O) groups excluding carboxylic acids is 2. The minimum Gasteiger partial charge on any atom is -0.504 e. The fourth-order valence-corrected chi connectivity index (χ4v) is 4.59. The summed E-state index contributed by atoms with van der Waals surface area (Å²) in [6, 6.07) is 9.20. The van der Waals surface area contributed by atoms with Crippen molar-refractivity contribution in [3.63, 3.8) is 0 Å². The van der Waals surface area contributed by atoms with Crippen molar-refractivity contribution < 1.29 is 33.7 Å². The van der Waals surface area contributed by atoms with Crippen LogP contribution in [-0.4, -0.2) is 49.3 Å². The first kappa shape index (κ1) is 31.4. The molecular formula is C32H42N2O7. The van der Waals surface area contributed by atoms with Gasteiger partial charge < -0.3 is 34.7 Å². The van der Waals surface area contributed by atoms with Crippen molar-refractivity contribution in [2.24, 2.45) is 0 Å². The summed E-state index contributed by atoms with van der Waals surface area (Å²) in [4.78, 5) is 27.5. The third kappa shape index (κ3) is 7.96. The number of nitrogens with one attached hydrogen (secondary N) is 2. The van der Waals surface area contributed by atoms with Gasteiger partial charge in [0.25, 0.3) is 11.8 Å². The number of phenolic OH excluding ortho intramolecular Hbond substituents is 2. The van der Waals surface area contributed by atoms with Crippen LogP contribution in [0.1, 0.15) is 85.9 Å². The summed E-state index contributed by atoms with van der Waals surface area (Å²) in [6.07, 6.45) is 7.86. The third-order valence-electron chi connectivity index (χ3n) is 6.88. The molecule has 41 heavy (non-hydrogen) atoms. The zero-order chi connectivity index (χ0) is 29.8. The summed E-state index contributed by atoms with van der Waals surface area (Å²) >= 11 is 0. The Hall–Kier alpha value is -4.14. The van der Waals surface area contributed by atoms with Crippen molar-refractivity contribution >= 4 is 11.8 Å². The van der Waals surface area contributed by atoms with Gasteiger partial charge in [0.1, 0.15) is 11.5 Å². The highest BCUT2D eigenvalue weighted by Crippen LogP contribution is 2.42. The van der Waals surface area contributed by atoms with Gasteiger partial charge in [0.05, 0.1) is 25.3 Å². The van der Waals surface area contributed by atoms with Gasteiger partial charge in [0, 0.05) is 24.2 Å². The molecule has 3 rings (SSSR count). The maximum Gasteiger partial charge on any atom is 0.256 e. The molecule has 9 nitrogen and oxygen atoms in total. The molecule has 0 spiro atoms. The number of hydrogen-bond acceptors (Lipinski definition) is 7. The topological polar surface area (TPSA) is 130 Å². The van der Waals surface area contributed by atoms with Gasteiger partial charge in [-0.3, -0.25) is 9.59 Å². The van der Waals surface area contributed by atoms with Gasteiger partial charge in [-0.05, 0) is 49.2 Å². The average molecular weight is 567 g/mol. The molecule has 222 valence electrons. The number of unbranched alkanes of at least 4 members (excludes halogenated alkanes) is 6. The largest absolute Gasteiger partial charge is 0.504 e. The number of furan rings is 1. The highest BCUT2D eigenvalue weighted by molar-refractivity contribution is 6.14. The first-order chi connectivity index (χ1) is 19.9. The first-order valence-electron chi connectivity index (χ1n) is 14.3. The van der Waals surface area contributed by atoms with E-state index in [4.69, 9.17) is 13.9 Å². The Morgan fingerprint density at radius 3 is 1.46 bits per heavy atom. The highest BCUT2D eigenvalue weighted by Gasteiger charge is 2.32. The van der Waals surface area contributed by atoms with E-state index in [0.717, 1.165) is 51.4 Å². The van der Waals surface area contributed by atoms with Crippen LogP contribution in [0.3, 0.4) is 0 Å². The normalized spacial score (nSPS) is 10.8. The maximum absolute atomic E-state index is 13.8. The fourth-order valence-electron chi connectivity index (χ4n) is 4.59. The number of amides is 2. The van der Waals surface area contributed by atoms with E-state index in [1.165, 1.54) is 26.4 Å². The molecule has 1 heterocycles. The molecule has 2 aromatic carbocycles. The third-order valence-corrected chi connectivity index (χ3v) is 6.88. The van der Waals surface area contributed by atoms with Crippen LogP contribution < -0.4 is 20.1 Å². The van der Waals surface area contributed by atoms with Crippen molar-refractivity contribution in [1.82, 2.24) is 10.6 Å². The number of hydrogen-bond donors (Lipinski definition) is 4. The van der Waals surface area contributed by atoms with Crippen LogP contribution >= 0.6 is 0 Å². The maximum atomic E-state index is 13.8. The highest BCUT2D eigenvalue weighted by atomic mass is 16.5. The minimum atomic E-state index is -0.444. The molecule has 0 aliphatic rings. The molecule has 0 unspecified atom stereocenters. The zero-order valence-corrected chi connectivity index (χ0v) is 24.5. The first-order valence-corrected chi connectivity index (χ1v) is 14.3. The Bertz CT molecular complexity index is 1220. The van der Waals surface area contributed by atoms with Crippen molar-refractivity contribution in [3.05, 3.63) is 47.5 Å². The van der Waals surface area contributed by atoms with Crippen LogP contribution in [0.5, 0.6) is 23.0 Å². The molecule has 1 aromatic heterocycles. The standard InChI is InChI=1S/C32H42N2O7/c1-5-7-9-11-17-33-31(37)27-28(32(38)34-18-12-10-8-6-2)30(22-14-16-24(36)26(20-22)40-4)41-29(27)21-13-15-23(35)25(19-21)39-3/h13-16,19-20,35-36H,5-12,17-18H2,1-4H3,(H,33,37)(H,34,38).